The average Bonchev–Trinajstić information content (AvgIpc) is 2.68. The molecule has 0 bridgehead atoms. The highest BCUT2D eigenvalue weighted by molar-refractivity contribution is 7.84. The van der Waals surface area contributed by atoms with Gasteiger partial charge in [0.15, 0.2) is 0 Å². The Balaban J connectivity index is 2.07. The lowest BCUT2D eigenvalue weighted by Gasteiger charge is -2.08. The summed E-state index contributed by atoms with van der Waals surface area (Å²) < 4.78 is 11.2. The normalized spacial score (nSPS) is 14.9. The first-order valence-electron chi connectivity index (χ1n) is 5.17. The van der Waals surface area contributed by atoms with Gasteiger partial charge in [0.05, 0.1) is 11.0 Å². The summed E-state index contributed by atoms with van der Waals surface area (Å²) in [5.41, 5.74) is 1.95. The minimum absolute atomic E-state index is 0.119. The number of benzene rings is 1. The second-order valence-electron chi connectivity index (χ2n) is 3.79. The maximum absolute atomic E-state index is 11.2. The van der Waals surface area contributed by atoms with Crippen molar-refractivity contribution in [3.8, 4) is 0 Å². The van der Waals surface area contributed by atoms with Crippen molar-refractivity contribution >= 4 is 27.8 Å². The minimum Gasteiger partial charge on any atom is -0.355 e. The van der Waals surface area contributed by atoms with E-state index in [9.17, 15) is 4.21 Å². The van der Waals surface area contributed by atoms with E-state index in [2.05, 4.69) is 15.3 Å². The third-order valence-electron chi connectivity index (χ3n) is 2.51. The highest BCUT2D eigenvalue weighted by atomic mass is 32.2. The van der Waals surface area contributed by atoms with Crippen LogP contribution in [0.4, 0.5) is 5.95 Å². The number of aromatic amines is 1. The molecule has 0 fully saturated rings. The van der Waals surface area contributed by atoms with Crippen LogP contribution in [0, 0.1) is 0 Å². The molecule has 4 nitrogen and oxygen atoms in total. The molecule has 2 aromatic rings. The van der Waals surface area contributed by atoms with Crippen LogP contribution >= 0.6 is 0 Å². The fourth-order valence-corrected chi connectivity index (χ4v) is 1.71. The molecule has 0 radical (unpaired) electrons. The Bertz CT molecular complexity index is 476. The van der Waals surface area contributed by atoms with Crippen molar-refractivity contribution in [2.24, 2.45) is 0 Å². The third-order valence-corrected chi connectivity index (χ3v) is 3.81. The number of rotatable bonds is 4. The van der Waals surface area contributed by atoms with Crippen LogP contribution in [-0.4, -0.2) is 32.2 Å². The Hall–Kier alpha value is -1.36. The number of aromatic nitrogens is 2. The molecule has 0 spiro atoms. The Morgan fingerprint density at radius 3 is 2.94 bits per heavy atom. The predicted molar refractivity (Wildman–Crippen MR) is 68.1 cm³/mol. The molecule has 1 aromatic heterocycles. The van der Waals surface area contributed by atoms with Gasteiger partial charge in [-0.05, 0) is 19.1 Å². The predicted octanol–water partition coefficient (Wildman–Crippen LogP) is 1.74. The van der Waals surface area contributed by atoms with E-state index in [0.717, 1.165) is 17.0 Å². The molecule has 1 heterocycles. The lowest BCUT2D eigenvalue weighted by Crippen LogP contribution is -2.21. The van der Waals surface area contributed by atoms with Crippen LogP contribution in [-0.2, 0) is 10.8 Å². The van der Waals surface area contributed by atoms with Crippen molar-refractivity contribution in [3.63, 3.8) is 0 Å². The summed E-state index contributed by atoms with van der Waals surface area (Å²) >= 11 is 0. The van der Waals surface area contributed by atoms with Crippen LogP contribution in [0.2, 0.25) is 0 Å². The Morgan fingerprint density at radius 1 is 1.50 bits per heavy atom. The molecular weight excluding hydrogens is 222 g/mol. The van der Waals surface area contributed by atoms with E-state index in [1.807, 2.05) is 31.2 Å². The molecule has 0 amide bonds. The van der Waals surface area contributed by atoms with Gasteiger partial charge < -0.3 is 10.3 Å². The van der Waals surface area contributed by atoms with Gasteiger partial charge in [-0.25, -0.2) is 4.98 Å². The molecule has 2 N–H and O–H groups in total. The summed E-state index contributed by atoms with van der Waals surface area (Å²) in [5.74, 6) is 0.735. The highest BCUT2D eigenvalue weighted by Gasteiger charge is 2.07. The van der Waals surface area contributed by atoms with E-state index < -0.39 is 10.8 Å². The van der Waals surface area contributed by atoms with Crippen LogP contribution in [0.25, 0.3) is 11.0 Å². The molecule has 16 heavy (non-hydrogen) atoms. The van der Waals surface area contributed by atoms with Crippen LogP contribution in [0.1, 0.15) is 6.92 Å². The van der Waals surface area contributed by atoms with Gasteiger partial charge in [0.25, 0.3) is 0 Å². The van der Waals surface area contributed by atoms with E-state index in [4.69, 9.17) is 0 Å². The van der Waals surface area contributed by atoms with Gasteiger partial charge in [-0.15, -0.1) is 0 Å². The van der Waals surface area contributed by atoms with Crippen LogP contribution in [0.3, 0.4) is 0 Å². The van der Waals surface area contributed by atoms with Gasteiger partial charge in [-0.1, -0.05) is 12.1 Å². The van der Waals surface area contributed by atoms with Gasteiger partial charge in [0.2, 0.25) is 5.95 Å². The molecule has 86 valence electrons. The SMILES string of the molecule is CC(CNc1nc2ccccc2[nH]1)S(C)=O. The topological polar surface area (TPSA) is 57.8 Å². The summed E-state index contributed by atoms with van der Waals surface area (Å²) in [7, 11) is -0.806. The summed E-state index contributed by atoms with van der Waals surface area (Å²) in [6.45, 7) is 2.61. The number of fused-ring (bicyclic) bond motifs is 1. The molecule has 5 heteroatoms. The molecule has 2 atom stereocenters. The second-order valence-corrected chi connectivity index (χ2v) is 5.59. The monoisotopic (exact) mass is 237 g/mol. The van der Waals surface area contributed by atoms with E-state index in [1.54, 1.807) is 6.26 Å². The first kappa shape index (κ1) is 11.1. The number of para-hydroxylation sites is 2. The van der Waals surface area contributed by atoms with Crippen molar-refractivity contribution in [2.75, 3.05) is 18.1 Å². The molecule has 0 saturated heterocycles. The molecular formula is C11H15N3OS. The number of hydrogen-bond acceptors (Lipinski definition) is 3. The zero-order valence-electron chi connectivity index (χ0n) is 9.36. The van der Waals surface area contributed by atoms with Gasteiger partial charge >= 0.3 is 0 Å². The van der Waals surface area contributed by atoms with Crippen LogP contribution in [0.15, 0.2) is 24.3 Å². The molecule has 0 aliphatic rings. The summed E-state index contributed by atoms with van der Waals surface area (Å²) in [6.07, 6.45) is 1.71. The van der Waals surface area contributed by atoms with E-state index >= 15 is 0 Å². The number of hydrogen-bond donors (Lipinski definition) is 2. The first-order chi connectivity index (χ1) is 7.66. The second kappa shape index (κ2) is 4.65. The van der Waals surface area contributed by atoms with Crippen molar-refractivity contribution < 1.29 is 4.21 Å². The number of nitrogens with one attached hydrogen (secondary N) is 2. The van der Waals surface area contributed by atoms with Crippen molar-refractivity contribution in [3.05, 3.63) is 24.3 Å². The molecule has 0 aliphatic heterocycles. The smallest absolute Gasteiger partial charge is 0.201 e. The number of nitrogens with zero attached hydrogens (tertiary/aromatic N) is 1. The number of anilines is 1. The molecule has 2 rings (SSSR count). The Kier molecular flexibility index (Phi) is 3.24. The lowest BCUT2D eigenvalue weighted by molar-refractivity contribution is 0.678. The summed E-state index contributed by atoms with van der Waals surface area (Å²) in [6, 6.07) is 7.86. The molecule has 0 aliphatic carbocycles. The van der Waals surface area contributed by atoms with Crippen molar-refractivity contribution in [1.29, 1.82) is 0 Å². The summed E-state index contributed by atoms with van der Waals surface area (Å²) in [5, 5.41) is 3.27. The largest absolute Gasteiger partial charge is 0.355 e. The third kappa shape index (κ3) is 2.41. The van der Waals surface area contributed by atoms with Gasteiger partial charge in [-0.3, -0.25) is 4.21 Å². The van der Waals surface area contributed by atoms with Crippen molar-refractivity contribution in [2.45, 2.75) is 12.2 Å². The molecule has 0 saturated carbocycles. The Morgan fingerprint density at radius 2 is 2.25 bits per heavy atom. The lowest BCUT2D eigenvalue weighted by atomic mass is 10.3. The summed E-state index contributed by atoms with van der Waals surface area (Å²) in [4.78, 5) is 7.55. The zero-order valence-corrected chi connectivity index (χ0v) is 10.2. The fraction of sp³-hybridized carbons (Fsp3) is 0.364. The first-order valence-corrected chi connectivity index (χ1v) is 6.80. The van der Waals surface area contributed by atoms with Crippen LogP contribution in [0.5, 0.6) is 0 Å². The van der Waals surface area contributed by atoms with Gasteiger partial charge in [0.1, 0.15) is 0 Å². The van der Waals surface area contributed by atoms with Crippen LogP contribution < -0.4 is 5.32 Å². The van der Waals surface area contributed by atoms with Crippen molar-refractivity contribution in [1.82, 2.24) is 9.97 Å². The van der Waals surface area contributed by atoms with E-state index in [-0.39, 0.29) is 5.25 Å². The standard InChI is InChI=1S/C11H15N3OS/c1-8(16(2)15)7-12-11-13-9-5-3-4-6-10(9)14-11/h3-6,8H,7H2,1-2H3,(H2,12,13,14). The van der Waals surface area contributed by atoms with Gasteiger partial charge in [0, 0.05) is 28.9 Å². The molecule has 1 aromatic carbocycles. The molecule has 2 unspecified atom stereocenters. The van der Waals surface area contributed by atoms with Gasteiger partial charge in [-0.2, -0.15) is 0 Å². The quantitative estimate of drug-likeness (QED) is 0.851. The zero-order chi connectivity index (χ0) is 11.5. The van der Waals surface area contributed by atoms with E-state index in [1.165, 1.54) is 0 Å². The maximum Gasteiger partial charge on any atom is 0.201 e. The number of H-pyrrole nitrogens is 1. The number of imidazole rings is 1. The maximum atomic E-state index is 11.2. The minimum atomic E-state index is -0.806. The van der Waals surface area contributed by atoms with E-state index in [0.29, 0.717) is 6.54 Å². The Labute approximate surface area is 96.9 Å². The average molecular weight is 237 g/mol. The fourth-order valence-electron chi connectivity index (χ4n) is 1.39. The highest BCUT2D eigenvalue weighted by Crippen LogP contribution is 2.13.